The van der Waals surface area contributed by atoms with Gasteiger partial charge in [0.15, 0.2) is 0 Å². The first-order valence-corrected chi connectivity index (χ1v) is 6.13. The molecular weight excluding hydrogens is 316 g/mol. The van der Waals surface area contributed by atoms with Gasteiger partial charge in [-0.3, -0.25) is 0 Å². The van der Waals surface area contributed by atoms with Gasteiger partial charge in [0.1, 0.15) is 0 Å². The Balaban J connectivity index is 2.45. The van der Waals surface area contributed by atoms with E-state index in [0.29, 0.717) is 17.6 Å². The van der Waals surface area contributed by atoms with Crippen molar-refractivity contribution >= 4 is 43.8 Å². The summed E-state index contributed by atoms with van der Waals surface area (Å²) in [5, 5.41) is 0. The average Bonchev–Trinajstić information content (AvgIpc) is 2.38. The molecule has 0 radical (unpaired) electrons. The minimum Gasteiger partial charge on any atom is -0.386 e. The number of alkyl halides is 2. The van der Waals surface area contributed by atoms with Crippen LogP contribution in [-0.2, 0) is 14.3 Å². The van der Waals surface area contributed by atoms with Crippen molar-refractivity contribution in [3.63, 3.8) is 0 Å². The Bertz CT molecular complexity index is 348. The summed E-state index contributed by atoms with van der Waals surface area (Å²) in [7, 11) is 0. The minimum absolute atomic E-state index is 0.0158. The summed E-state index contributed by atoms with van der Waals surface area (Å²) < 4.78 is 4.58. The number of hydrogen-bond donors (Lipinski definition) is 0. The quantitative estimate of drug-likeness (QED) is 0.389. The number of halogens is 2. The van der Waals surface area contributed by atoms with E-state index in [2.05, 4.69) is 36.6 Å². The molecule has 2 aliphatic rings. The maximum atomic E-state index is 11.3. The van der Waals surface area contributed by atoms with Crippen LogP contribution in [0.1, 0.15) is 13.3 Å². The molecule has 0 saturated carbocycles. The number of hydrogen-bond acceptors (Lipinski definition) is 3. The molecule has 0 N–H and O–H groups in total. The van der Waals surface area contributed by atoms with Crippen molar-refractivity contribution in [2.45, 2.75) is 23.0 Å². The fourth-order valence-electron chi connectivity index (χ4n) is 1.87. The summed E-state index contributed by atoms with van der Waals surface area (Å²) >= 11 is 6.98. The van der Waals surface area contributed by atoms with Crippen LogP contribution < -0.4 is 0 Å². The van der Waals surface area contributed by atoms with Crippen LogP contribution in [0.5, 0.6) is 0 Å². The molecule has 1 aliphatic carbocycles. The number of cyclic esters (lactones) is 2. The molecule has 1 heterocycles. The van der Waals surface area contributed by atoms with Gasteiger partial charge >= 0.3 is 11.9 Å². The van der Waals surface area contributed by atoms with Crippen molar-refractivity contribution in [1.29, 1.82) is 0 Å². The molecule has 0 aromatic rings. The third-order valence-electron chi connectivity index (χ3n) is 2.65. The Morgan fingerprint density at radius 3 is 2.57 bits per heavy atom. The van der Waals surface area contributed by atoms with Gasteiger partial charge in [0.2, 0.25) is 0 Å². The lowest BCUT2D eigenvalue weighted by molar-refractivity contribution is -0.151. The van der Waals surface area contributed by atoms with Crippen LogP contribution in [0.15, 0.2) is 11.1 Å². The summed E-state index contributed by atoms with van der Waals surface area (Å²) in [4.78, 5) is 23.0. The fourth-order valence-corrected chi connectivity index (χ4v) is 3.10. The highest BCUT2D eigenvalue weighted by molar-refractivity contribution is 9.12. The molecule has 3 atom stereocenters. The second kappa shape index (κ2) is 3.45. The smallest absolute Gasteiger partial charge is 0.342 e. The first-order valence-electron chi connectivity index (χ1n) is 4.30. The Morgan fingerprint density at radius 1 is 1.29 bits per heavy atom. The maximum absolute atomic E-state index is 11.3. The molecule has 0 aromatic heterocycles. The Morgan fingerprint density at radius 2 is 1.93 bits per heavy atom. The molecule has 0 bridgehead atoms. The first kappa shape index (κ1) is 10.4. The van der Waals surface area contributed by atoms with Crippen molar-refractivity contribution in [2.75, 3.05) is 0 Å². The fraction of sp³-hybridized carbons (Fsp3) is 0.556. The zero-order chi connectivity index (χ0) is 10.5. The summed E-state index contributed by atoms with van der Waals surface area (Å²) in [5.74, 6) is -0.927. The lowest BCUT2D eigenvalue weighted by atomic mass is 9.85. The van der Waals surface area contributed by atoms with E-state index in [1.165, 1.54) is 0 Å². The minimum atomic E-state index is -0.472. The van der Waals surface area contributed by atoms with E-state index in [-0.39, 0.29) is 15.6 Å². The molecular formula is C9H8Br2O3. The van der Waals surface area contributed by atoms with E-state index in [0.717, 1.165) is 0 Å². The van der Waals surface area contributed by atoms with Crippen LogP contribution in [0.2, 0.25) is 0 Å². The SMILES string of the molecule is C[C@@H]1C2=C(C[C@H](Br)[C@H]1Br)C(=O)OC2=O. The second-order valence-electron chi connectivity index (χ2n) is 3.52. The van der Waals surface area contributed by atoms with Crippen LogP contribution in [0, 0.1) is 5.92 Å². The predicted octanol–water partition coefficient (Wildman–Crippen LogP) is 1.93. The zero-order valence-electron chi connectivity index (χ0n) is 7.42. The molecule has 0 saturated heterocycles. The molecule has 0 spiro atoms. The average molecular weight is 324 g/mol. The van der Waals surface area contributed by atoms with E-state index in [1.807, 2.05) is 6.92 Å². The van der Waals surface area contributed by atoms with E-state index < -0.39 is 11.9 Å². The highest BCUT2D eigenvalue weighted by Crippen LogP contribution is 2.41. The first-order chi connectivity index (χ1) is 6.52. The van der Waals surface area contributed by atoms with Gasteiger partial charge in [0.05, 0.1) is 5.57 Å². The van der Waals surface area contributed by atoms with Crippen LogP contribution in [-0.4, -0.2) is 21.6 Å². The van der Waals surface area contributed by atoms with Crippen molar-refractivity contribution in [1.82, 2.24) is 0 Å². The Labute approximate surface area is 98.1 Å². The highest BCUT2D eigenvalue weighted by atomic mass is 79.9. The second-order valence-corrected chi connectivity index (χ2v) is 5.76. The Hall–Kier alpha value is -0.160. The molecule has 0 amide bonds. The van der Waals surface area contributed by atoms with Crippen LogP contribution >= 0.6 is 31.9 Å². The molecule has 76 valence electrons. The number of ether oxygens (including phenoxy) is 1. The number of carbonyl (C=O) groups is 2. The standard InChI is InChI=1S/C9H8Br2O3/c1-3-6-4(2-5(10)7(3)11)8(12)14-9(6)13/h3,5,7H,2H2,1H3/t3-,5+,7+/m1/s1. The predicted molar refractivity (Wildman–Crippen MR) is 57.3 cm³/mol. The summed E-state index contributed by atoms with van der Waals surface area (Å²) in [6.45, 7) is 1.92. The van der Waals surface area contributed by atoms with Gasteiger partial charge in [-0.2, -0.15) is 0 Å². The molecule has 3 nitrogen and oxygen atoms in total. The van der Waals surface area contributed by atoms with Gasteiger partial charge in [-0.25, -0.2) is 9.59 Å². The molecule has 1 aliphatic heterocycles. The third-order valence-corrected chi connectivity index (χ3v) is 5.69. The summed E-state index contributed by atoms with van der Waals surface area (Å²) in [5.41, 5.74) is 1.09. The number of esters is 2. The van der Waals surface area contributed by atoms with Crippen molar-refractivity contribution in [2.24, 2.45) is 5.92 Å². The van der Waals surface area contributed by atoms with Crippen molar-refractivity contribution in [3.8, 4) is 0 Å². The molecule has 0 aromatic carbocycles. The summed E-state index contributed by atoms with van der Waals surface area (Å²) in [6, 6.07) is 0. The Kier molecular flexibility index (Phi) is 2.55. The topological polar surface area (TPSA) is 43.4 Å². The third kappa shape index (κ3) is 1.37. The van der Waals surface area contributed by atoms with Gasteiger partial charge in [-0.15, -0.1) is 0 Å². The molecule has 0 fully saturated rings. The molecule has 5 heteroatoms. The lowest BCUT2D eigenvalue weighted by Crippen LogP contribution is -2.30. The number of rotatable bonds is 0. The van der Waals surface area contributed by atoms with E-state index in [1.54, 1.807) is 0 Å². The number of carbonyl (C=O) groups excluding carboxylic acids is 2. The van der Waals surface area contributed by atoms with E-state index in [9.17, 15) is 9.59 Å². The normalized spacial score (nSPS) is 37.2. The summed E-state index contributed by atoms with van der Waals surface area (Å²) in [6.07, 6.45) is 0.556. The van der Waals surface area contributed by atoms with Crippen molar-refractivity contribution < 1.29 is 14.3 Å². The molecule has 14 heavy (non-hydrogen) atoms. The van der Waals surface area contributed by atoms with Crippen LogP contribution in [0.4, 0.5) is 0 Å². The van der Waals surface area contributed by atoms with Crippen LogP contribution in [0.3, 0.4) is 0 Å². The van der Waals surface area contributed by atoms with E-state index in [4.69, 9.17) is 0 Å². The molecule has 0 unspecified atom stereocenters. The van der Waals surface area contributed by atoms with Gasteiger partial charge in [-0.05, 0) is 6.42 Å². The maximum Gasteiger partial charge on any atom is 0.342 e. The molecule has 2 rings (SSSR count). The zero-order valence-corrected chi connectivity index (χ0v) is 10.6. The van der Waals surface area contributed by atoms with Crippen molar-refractivity contribution in [3.05, 3.63) is 11.1 Å². The van der Waals surface area contributed by atoms with Gasteiger partial charge < -0.3 is 4.74 Å². The van der Waals surface area contributed by atoms with E-state index >= 15 is 0 Å². The largest absolute Gasteiger partial charge is 0.386 e. The monoisotopic (exact) mass is 322 g/mol. The van der Waals surface area contributed by atoms with Gasteiger partial charge in [0, 0.05) is 21.1 Å². The van der Waals surface area contributed by atoms with Crippen LogP contribution in [0.25, 0.3) is 0 Å². The highest BCUT2D eigenvalue weighted by Gasteiger charge is 2.44. The van der Waals surface area contributed by atoms with Gasteiger partial charge in [-0.1, -0.05) is 38.8 Å². The lowest BCUT2D eigenvalue weighted by Gasteiger charge is -2.27. The van der Waals surface area contributed by atoms with Gasteiger partial charge in [0.25, 0.3) is 0 Å².